The van der Waals surface area contributed by atoms with Crippen molar-refractivity contribution < 1.29 is 9.90 Å². The molecule has 0 aliphatic carbocycles. The van der Waals surface area contributed by atoms with Crippen molar-refractivity contribution in [3.63, 3.8) is 0 Å². The van der Waals surface area contributed by atoms with Crippen molar-refractivity contribution in [3.8, 4) is 0 Å². The van der Waals surface area contributed by atoms with E-state index in [0.29, 0.717) is 5.75 Å². The number of carboxylic acids is 1. The molecule has 6 N–H and O–H groups in total. The molecule has 1 aromatic carbocycles. The first-order chi connectivity index (χ1) is 8.04. The molecule has 0 aliphatic heterocycles. The van der Waals surface area contributed by atoms with Crippen LogP contribution in [0.1, 0.15) is 11.1 Å². The fourth-order valence-electron chi connectivity index (χ4n) is 1.13. The third kappa shape index (κ3) is 4.01. The summed E-state index contributed by atoms with van der Waals surface area (Å²) in [6, 6.07) is 7.95. The van der Waals surface area contributed by atoms with Crippen LogP contribution in [-0.2, 0) is 10.5 Å². The highest BCUT2D eigenvalue weighted by Gasteiger charge is 2.10. The van der Waals surface area contributed by atoms with Crippen LogP contribution in [0.15, 0.2) is 35.0 Å². The molecule has 1 aromatic rings. The lowest BCUT2D eigenvalue weighted by Crippen LogP contribution is -2.26. The number of carbonyl (C=O) groups is 1. The van der Waals surface area contributed by atoms with Gasteiger partial charge in [0, 0.05) is 5.75 Å². The van der Waals surface area contributed by atoms with Crippen molar-refractivity contribution in [2.24, 2.45) is 11.6 Å². The normalized spacial score (nSPS) is 11.9. The Morgan fingerprint density at radius 2 is 2.00 bits per heavy atom. The number of aliphatic carboxylic acids is 1. The Kier molecular flexibility index (Phi) is 4.86. The van der Waals surface area contributed by atoms with Crippen LogP contribution < -0.4 is 17.0 Å². The van der Waals surface area contributed by atoms with Crippen LogP contribution in [0, 0.1) is 6.92 Å². The Morgan fingerprint density at radius 1 is 1.41 bits per heavy atom. The van der Waals surface area contributed by atoms with Crippen LogP contribution >= 0.6 is 11.8 Å². The number of hydrogen-bond donors (Lipinski definition) is 4. The minimum atomic E-state index is -1.19. The average Bonchev–Trinajstić information content (AvgIpc) is 2.31. The first kappa shape index (κ1) is 13.4. The minimum absolute atomic E-state index is 0.262. The van der Waals surface area contributed by atoms with Crippen LogP contribution in [-0.4, -0.2) is 11.1 Å². The number of carboxylic acid groups (broad SMARTS) is 1. The van der Waals surface area contributed by atoms with E-state index >= 15 is 0 Å². The predicted molar refractivity (Wildman–Crippen MR) is 68.6 cm³/mol. The molecule has 0 aliphatic rings. The highest BCUT2D eigenvalue weighted by atomic mass is 32.2. The summed E-state index contributed by atoms with van der Waals surface area (Å²) in [6.07, 6.45) is 0. The molecule has 0 saturated carbocycles. The van der Waals surface area contributed by atoms with E-state index in [1.165, 1.54) is 17.3 Å². The fourth-order valence-corrected chi connectivity index (χ4v) is 1.96. The molecule has 0 radical (unpaired) electrons. The van der Waals surface area contributed by atoms with E-state index in [0.717, 1.165) is 5.56 Å². The number of aryl methyl sites for hydroxylation is 1. The van der Waals surface area contributed by atoms with Gasteiger partial charge in [-0.3, -0.25) is 0 Å². The standard InChI is InChI=1S/C11H15N3O2S/c1-7-2-4-8(5-3-7)6-17-10(14-13)9(12)11(15)16/h2-5,14H,6,12-13H2,1H3,(H,15,16)/b10-9+. The van der Waals surface area contributed by atoms with Gasteiger partial charge in [-0.25, -0.2) is 10.6 Å². The number of thioether (sulfide) groups is 1. The van der Waals surface area contributed by atoms with E-state index in [-0.39, 0.29) is 10.7 Å². The van der Waals surface area contributed by atoms with Gasteiger partial charge in [0.2, 0.25) is 0 Å². The van der Waals surface area contributed by atoms with Crippen molar-refractivity contribution in [1.29, 1.82) is 0 Å². The van der Waals surface area contributed by atoms with Gasteiger partial charge in [0.05, 0.1) is 0 Å². The van der Waals surface area contributed by atoms with E-state index < -0.39 is 5.97 Å². The molecule has 0 unspecified atom stereocenters. The van der Waals surface area contributed by atoms with Crippen LogP contribution in [0.3, 0.4) is 0 Å². The largest absolute Gasteiger partial charge is 0.477 e. The van der Waals surface area contributed by atoms with Crippen LogP contribution in [0.25, 0.3) is 0 Å². The van der Waals surface area contributed by atoms with E-state index in [9.17, 15) is 4.79 Å². The molecule has 0 spiro atoms. The van der Waals surface area contributed by atoms with E-state index in [1.807, 2.05) is 31.2 Å². The second-order valence-corrected chi connectivity index (χ2v) is 4.45. The fraction of sp³-hybridized carbons (Fsp3) is 0.182. The van der Waals surface area contributed by atoms with Crippen molar-refractivity contribution >= 4 is 17.7 Å². The Balaban J connectivity index is 2.69. The summed E-state index contributed by atoms with van der Waals surface area (Å²) in [5.41, 5.74) is 9.66. The molecule has 5 nitrogen and oxygen atoms in total. The predicted octanol–water partition coefficient (Wildman–Crippen LogP) is 0.904. The molecular formula is C11H15N3O2S. The van der Waals surface area contributed by atoms with Gasteiger partial charge in [-0.2, -0.15) is 0 Å². The second-order valence-electron chi connectivity index (χ2n) is 3.47. The zero-order valence-corrected chi connectivity index (χ0v) is 10.3. The topological polar surface area (TPSA) is 101 Å². The summed E-state index contributed by atoms with van der Waals surface area (Å²) in [4.78, 5) is 10.7. The zero-order chi connectivity index (χ0) is 12.8. The molecule has 0 atom stereocenters. The molecule has 92 valence electrons. The number of benzene rings is 1. The van der Waals surface area contributed by atoms with Gasteiger partial charge in [-0.05, 0) is 12.5 Å². The van der Waals surface area contributed by atoms with E-state index in [2.05, 4.69) is 5.43 Å². The SMILES string of the molecule is Cc1ccc(CS/C(NN)=C(/N)C(=O)O)cc1. The van der Waals surface area contributed by atoms with E-state index in [4.69, 9.17) is 16.7 Å². The molecule has 0 amide bonds. The Hall–Kier alpha value is -1.66. The summed E-state index contributed by atoms with van der Waals surface area (Å²) in [5, 5.41) is 8.99. The third-order valence-corrected chi connectivity index (χ3v) is 3.21. The first-order valence-corrected chi connectivity index (χ1v) is 5.91. The molecule has 17 heavy (non-hydrogen) atoms. The molecule has 0 fully saturated rings. The maximum absolute atomic E-state index is 10.7. The lowest BCUT2D eigenvalue weighted by Gasteiger charge is -2.08. The van der Waals surface area contributed by atoms with Gasteiger partial charge >= 0.3 is 5.97 Å². The van der Waals surface area contributed by atoms with Gasteiger partial charge < -0.3 is 16.3 Å². The van der Waals surface area contributed by atoms with Gasteiger partial charge in [0.15, 0.2) is 0 Å². The Bertz CT molecular complexity index is 429. The summed E-state index contributed by atoms with van der Waals surface area (Å²) in [5.74, 6) is 4.65. The smallest absolute Gasteiger partial charge is 0.354 e. The second kappa shape index (κ2) is 6.17. The Labute approximate surface area is 104 Å². The van der Waals surface area contributed by atoms with Gasteiger partial charge in [-0.1, -0.05) is 29.8 Å². The van der Waals surface area contributed by atoms with Gasteiger partial charge in [0.25, 0.3) is 0 Å². The maximum atomic E-state index is 10.7. The van der Waals surface area contributed by atoms with Crippen molar-refractivity contribution in [2.75, 3.05) is 0 Å². The quantitative estimate of drug-likeness (QED) is 0.353. The Morgan fingerprint density at radius 3 is 2.47 bits per heavy atom. The van der Waals surface area contributed by atoms with Crippen molar-refractivity contribution in [2.45, 2.75) is 12.7 Å². The summed E-state index contributed by atoms with van der Waals surface area (Å²) in [7, 11) is 0. The van der Waals surface area contributed by atoms with E-state index in [1.54, 1.807) is 0 Å². The molecule has 6 heteroatoms. The van der Waals surface area contributed by atoms with Gasteiger partial charge in [-0.15, -0.1) is 11.8 Å². The number of nitrogens with one attached hydrogen (secondary N) is 1. The molecule has 0 bridgehead atoms. The maximum Gasteiger partial charge on any atom is 0.354 e. The molecule has 1 rings (SSSR count). The number of hydrogen-bond acceptors (Lipinski definition) is 5. The van der Waals surface area contributed by atoms with Crippen LogP contribution in [0.4, 0.5) is 0 Å². The lowest BCUT2D eigenvalue weighted by atomic mass is 10.2. The van der Waals surface area contributed by atoms with Crippen LogP contribution in [0.5, 0.6) is 0 Å². The lowest BCUT2D eigenvalue weighted by molar-refractivity contribution is -0.132. The first-order valence-electron chi connectivity index (χ1n) is 4.92. The van der Waals surface area contributed by atoms with Crippen LogP contribution in [0.2, 0.25) is 0 Å². The minimum Gasteiger partial charge on any atom is -0.477 e. The molecule has 0 heterocycles. The summed E-state index contributed by atoms with van der Waals surface area (Å²) < 4.78 is 0. The van der Waals surface area contributed by atoms with Crippen molar-refractivity contribution in [1.82, 2.24) is 5.43 Å². The average molecular weight is 253 g/mol. The number of hydrazine groups is 1. The molecule has 0 saturated heterocycles. The van der Waals surface area contributed by atoms with Crippen molar-refractivity contribution in [3.05, 3.63) is 46.1 Å². The third-order valence-electron chi connectivity index (χ3n) is 2.11. The van der Waals surface area contributed by atoms with Gasteiger partial charge in [0.1, 0.15) is 10.7 Å². The zero-order valence-electron chi connectivity index (χ0n) is 9.43. The number of rotatable bonds is 5. The monoisotopic (exact) mass is 253 g/mol. The molecular weight excluding hydrogens is 238 g/mol. The summed E-state index contributed by atoms with van der Waals surface area (Å²) >= 11 is 1.25. The highest BCUT2D eigenvalue weighted by molar-refractivity contribution is 8.02. The molecule has 0 aromatic heterocycles. The summed E-state index contributed by atoms with van der Waals surface area (Å²) in [6.45, 7) is 2.01. The highest BCUT2D eigenvalue weighted by Crippen LogP contribution is 2.20. The number of nitrogens with two attached hydrogens (primary N) is 2.